The number of hydrogen-bond acceptors (Lipinski definition) is 5. The van der Waals surface area contributed by atoms with Crippen molar-refractivity contribution in [1.82, 2.24) is 19.3 Å². The molecular formula is C18H18N4O2S. The van der Waals surface area contributed by atoms with Gasteiger partial charge in [0.1, 0.15) is 0 Å². The Balaban J connectivity index is 1.77. The van der Waals surface area contributed by atoms with Crippen LogP contribution in [0.5, 0.6) is 0 Å². The molecule has 0 atom stereocenters. The molecule has 0 unspecified atom stereocenters. The number of benzene rings is 1. The van der Waals surface area contributed by atoms with Crippen LogP contribution in [0.2, 0.25) is 0 Å². The molecule has 1 aromatic carbocycles. The van der Waals surface area contributed by atoms with Gasteiger partial charge >= 0.3 is 0 Å². The second-order valence-corrected chi connectivity index (χ2v) is 6.43. The molecule has 0 saturated heterocycles. The lowest BCUT2D eigenvalue weighted by Gasteiger charge is -2.06. The van der Waals surface area contributed by atoms with Crippen molar-refractivity contribution < 1.29 is 4.79 Å². The van der Waals surface area contributed by atoms with E-state index in [-0.39, 0.29) is 11.3 Å². The zero-order chi connectivity index (χ0) is 17.8. The highest BCUT2D eigenvalue weighted by Crippen LogP contribution is 2.22. The second-order valence-electron chi connectivity index (χ2n) is 5.49. The highest BCUT2D eigenvalue weighted by Gasteiger charge is 2.14. The minimum Gasteiger partial charge on any atom is -0.315 e. The summed E-state index contributed by atoms with van der Waals surface area (Å²) in [4.78, 5) is 23.9. The summed E-state index contributed by atoms with van der Waals surface area (Å²) in [5.74, 6) is 1.01. The molecule has 3 aromatic rings. The molecule has 0 radical (unpaired) electrons. The van der Waals surface area contributed by atoms with E-state index in [9.17, 15) is 9.59 Å². The van der Waals surface area contributed by atoms with Crippen LogP contribution in [0.3, 0.4) is 0 Å². The van der Waals surface area contributed by atoms with E-state index in [2.05, 4.69) is 10.2 Å². The average Bonchev–Trinajstić information content (AvgIpc) is 3.01. The molecule has 0 aliphatic heterocycles. The summed E-state index contributed by atoms with van der Waals surface area (Å²) in [5, 5.41) is 9.04. The van der Waals surface area contributed by atoms with Crippen molar-refractivity contribution in [2.24, 2.45) is 7.05 Å². The molecule has 3 rings (SSSR count). The molecule has 0 spiro atoms. The SMILES string of the molecule is CCn1cc(-c2nnc(SCC(=O)c3ccccc3)n2C)ccc1=O. The third-order valence-electron chi connectivity index (χ3n) is 3.85. The van der Waals surface area contributed by atoms with Gasteiger partial charge in [0.2, 0.25) is 0 Å². The van der Waals surface area contributed by atoms with E-state index < -0.39 is 0 Å². The van der Waals surface area contributed by atoms with Crippen molar-refractivity contribution in [3.63, 3.8) is 0 Å². The van der Waals surface area contributed by atoms with Gasteiger partial charge in [0.25, 0.3) is 5.56 Å². The molecular weight excluding hydrogens is 336 g/mol. The van der Waals surface area contributed by atoms with Crippen LogP contribution in [-0.2, 0) is 13.6 Å². The maximum Gasteiger partial charge on any atom is 0.250 e. The summed E-state index contributed by atoms with van der Waals surface area (Å²) in [6, 6.07) is 12.5. The minimum absolute atomic E-state index is 0.0449. The number of hydrogen-bond donors (Lipinski definition) is 0. The monoisotopic (exact) mass is 354 g/mol. The maximum absolute atomic E-state index is 12.2. The van der Waals surface area contributed by atoms with E-state index in [1.165, 1.54) is 17.8 Å². The lowest BCUT2D eigenvalue weighted by molar-refractivity contribution is 0.102. The Morgan fingerprint density at radius 1 is 1.12 bits per heavy atom. The van der Waals surface area contributed by atoms with Gasteiger partial charge < -0.3 is 9.13 Å². The number of ketones is 1. The number of aromatic nitrogens is 4. The lowest BCUT2D eigenvalue weighted by Crippen LogP contribution is -2.17. The Kier molecular flexibility index (Phi) is 5.14. The molecule has 6 nitrogen and oxygen atoms in total. The Morgan fingerprint density at radius 3 is 2.60 bits per heavy atom. The summed E-state index contributed by atoms with van der Waals surface area (Å²) in [7, 11) is 1.85. The van der Waals surface area contributed by atoms with Gasteiger partial charge in [-0.15, -0.1) is 10.2 Å². The van der Waals surface area contributed by atoms with Gasteiger partial charge in [0, 0.05) is 37.0 Å². The third kappa shape index (κ3) is 3.71. The van der Waals surface area contributed by atoms with E-state index >= 15 is 0 Å². The van der Waals surface area contributed by atoms with E-state index in [0.717, 1.165) is 5.56 Å². The van der Waals surface area contributed by atoms with Crippen molar-refractivity contribution in [1.29, 1.82) is 0 Å². The highest BCUT2D eigenvalue weighted by molar-refractivity contribution is 7.99. The molecule has 2 heterocycles. The molecule has 25 heavy (non-hydrogen) atoms. The van der Waals surface area contributed by atoms with Crippen molar-refractivity contribution in [2.75, 3.05) is 5.75 Å². The van der Waals surface area contributed by atoms with E-state index in [0.29, 0.717) is 28.8 Å². The first-order valence-electron chi connectivity index (χ1n) is 7.91. The minimum atomic E-state index is -0.0449. The Hall–Kier alpha value is -2.67. The molecule has 0 bridgehead atoms. The molecule has 0 N–H and O–H groups in total. The van der Waals surface area contributed by atoms with E-state index in [1.807, 2.05) is 36.7 Å². The smallest absolute Gasteiger partial charge is 0.250 e. The number of rotatable bonds is 6. The van der Waals surface area contributed by atoms with Gasteiger partial charge in [-0.1, -0.05) is 42.1 Å². The molecule has 0 amide bonds. The van der Waals surface area contributed by atoms with Crippen LogP contribution in [0.25, 0.3) is 11.4 Å². The van der Waals surface area contributed by atoms with Crippen molar-refractivity contribution >= 4 is 17.5 Å². The topological polar surface area (TPSA) is 69.8 Å². The first-order valence-corrected chi connectivity index (χ1v) is 8.90. The summed E-state index contributed by atoms with van der Waals surface area (Å²) in [6.07, 6.45) is 1.77. The van der Waals surface area contributed by atoms with Gasteiger partial charge in [-0.3, -0.25) is 9.59 Å². The standard InChI is InChI=1S/C18H18N4O2S/c1-3-22-11-14(9-10-16(22)24)17-19-20-18(21(17)2)25-12-15(23)13-7-5-4-6-8-13/h4-11H,3,12H2,1-2H3. The molecule has 7 heteroatoms. The largest absolute Gasteiger partial charge is 0.315 e. The molecule has 0 aliphatic rings. The van der Waals surface area contributed by atoms with Crippen LogP contribution in [-0.4, -0.2) is 30.9 Å². The van der Waals surface area contributed by atoms with Gasteiger partial charge in [0.05, 0.1) is 5.75 Å². The van der Waals surface area contributed by atoms with Gasteiger partial charge in [-0.05, 0) is 13.0 Å². The van der Waals surface area contributed by atoms with E-state index in [4.69, 9.17) is 0 Å². The first kappa shape index (κ1) is 17.2. The highest BCUT2D eigenvalue weighted by atomic mass is 32.2. The summed E-state index contributed by atoms with van der Waals surface area (Å²) < 4.78 is 3.46. The molecule has 0 saturated carbocycles. The third-order valence-corrected chi connectivity index (χ3v) is 4.87. The normalized spacial score (nSPS) is 10.8. The Bertz CT molecular complexity index is 947. The number of carbonyl (C=O) groups excluding carboxylic acids is 1. The number of carbonyl (C=O) groups is 1. The fourth-order valence-corrected chi connectivity index (χ4v) is 3.25. The van der Waals surface area contributed by atoms with Crippen LogP contribution >= 0.6 is 11.8 Å². The fourth-order valence-electron chi connectivity index (χ4n) is 2.44. The Morgan fingerprint density at radius 2 is 1.88 bits per heavy atom. The van der Waals surface area contributed by atoms with Gasteiger partial charge in [-0.2, -0.15) is 0 Å². The second kappa shape index (κ2) is 7.48. The first-order chi connectivity index (χ1) is 12.1. The number of aryl methyl sites for hydroxylation is 1. The molecule has 0 fully saturated rings. The number of Topliss-reactive ketones (excluding diaryl/α,β-unsaturated/α-hetero) is 1. The van der Waals surface area contributed by atoms with Crippen LogP contribution in [0.1, 0.15) is 17.3 Å². The predicted octanol–water partition coefficient (Wildman–Crippen LogP) is 2.64. The average molecular weight is 354 g/mol. The van der Waals surface area contributed by atoms with Crippen molar-refractivity contribution in [3.05, 3.63) is 64.6 Å². The maximum atomic E-state index is 12.2. The zero-order valence-corrected chi connectivity index (χ0v) is 14.9. The molecule has 128 valence electrons. The van der Waals surface area contributed by atoms with E-state index in [1.54, 1.807) is 29.0 Å². The number of pyridine rings is 1. The van der Waals surface area contributed by atoms with Crippen molar-refractivity contribution in [2.45, 2.75) is 18.6 Å². The molecule has 2 aromatic heterocycles. The van der Waals surface area contributed by atoms with Crippen LogP contribution in [0.4, 0.5) is 0 Å². The summed E-state index contributed by atoms with van der Waals surface area (Å²) >= 11 is 1.35. The van der Waals surface area contributed by atoms with Crippen LogP contribution < -0.4 is 5.56 Å². The van der Waals surface area contributed by atoms with Crippen LogP contribution in [0, 0.1) is 0 Å². The zero-order valence-electron chi connectivity index (χ0n) is 14.0. The van der Waals surface area contributed by atoms with Crippen molar-refractivity contribution in [3.8, 4) is 11.4 Å². The summed E-state index contributed by atoms with van der Waals surface area (Å²) in [6.45, 7) is 2.51. The molecule has 0 aliphatic carbocycles. The predicted molar refractivity (Wildman–Crippen MR) is 97.9 cm³/mol. The number of thioether (sulfide) groups is 1. The Labute approximate surface area is 149 Å². The fraction of sp³-hybridized carbons (Fsp3) is 0.222. The quantitative estimate of drug-likeness (QED) is 0.503. The summed E-state index contributed by atoms with van der Waals surface area (Å²) in [5.41, 5.74) is 1.46. The van der Waals surface area contributed by atoms with Gasteiger partial charge in [0.15, 0.2) is 16.8 Å². The van der Waals surface area contributed by atoms with Crippen LogP contribution in [0.15, 0.2) is 58.6 Å². The lowest BCUT2D eigenvalue weighted by atomic mass is 10.2. The van der Waals surface area contributed by atoms with Gasteiger partial charge in [-0.25, -0.2) is 0 Å². The number of nitrogens with zero attached hydrogens (tertiary/aromatic N) is 4.